The Balaban J connectivity index is 1.16. The van der Waals surface area contributed by atoms with Gasteiger partial charge in [-0.15, -0.1) is 0 Å². The monoisotopic (exact) mass is 499 g/mol. The number of aromatic nitrogens is 4. The number of anilines is 2. The maximum absolute atomic E-state index is 12.6. The molecular formula is C26H29N9O2. The van der Waals surface area contributed by atoms with Crippen LogP contribution in [0.2, 0.25) is 0 Å². The molecule has 4 aromatic rings. The number of hydrogen-bond acceptors (Lipinski definition) is 7. The predicted molar refractivity (Wildman–Crippen MR) is 142 cm³/mol. The van der Waals surface area contributed by atoms with Gasteiger partial charge in [-0.25, -0.2) is 14.8 Å². The number of carbonyl (C=O) groups excluding carboxylic acids is 2. The number of piperazine rings is 1. The summed E-state index contributed by atoms with van der Waals surface area (Å²) in [4.78, 5) is 45.2. The Kier molecular flexibility index (Phi) is 7.22. The van der Waals surface area contributed by atoms with Crippen molar-refractivity contribution in [3.8, 4) is 11.4 Å². The van der Waals surface area contributed by atoms with E-state index in [0.717, 1.165) is 41.1 Å². The van der Waals surface area contributed by atoms with Crippen LogP contribution in [-0.2, 0) is 0 Å². The van der Waals surface area contributed by atoms with Crippen molar-refractivity contribution >= 4 is 34.5 Å². The number of nitrogens with zero attached hydrogens (tertiary/aromatic N) is 5. The van der Waals surface area contributed by atoms with E-state index < -0.39 is 0 Å². The first-order valence-electron chi connectivity index (χ1n) is 12.2. The summed E-state index contributed by atoms with van der Waals surface area (Å²) in [7, 11) is 2.04. The third kappa shape index (κ3) is 6.01. The minimum absolute atomic E-state index is 0.0949. The van der Waals surface area contributed by atoms with Crippen LogP contribution < -0.4 is 16.0 Å². The molecule has 1 aromatic carbocycles. The zero-order valence-electron chi connectivity index (χ0n) is 20.6. The van der Waals surface area contributed by atoms with E-state index in [4.69, 9.17) is 0 Å². The highest BCUT2D eigenvalue weighted by molar-refractivity contribution is 5.98. The van der Waals surface area contributed by atoms with E-state index in [1.54, 1.807) is 23.4 Å². The molecule has 11 heteroatoms. The molecule has 4 heterocycles. The second-order valence-corrected chi connectivity index (χ2v) is 8.87. The largest absolute Gasteiger partial charge is 0.351 e. The molecule has 1 fully saturated rings. The average Bonchev–Trinajstić information content (AvgIpc) is 3.36. The van der Waals surface area contributed by atoms with E-state index in [2.05, 4.69) is 40.8 Å². The van der Waals surface area contributed by atoms with Crippen LogP contribution in [0.25, 0.3) is 22.3 Å². The standard InChI is InChI=1S/C26H29N9O2/c1-34-12-14-35(15-13-34)26(37)30-11-10-28-24(36)23-17-18-16-19(5-6-20(18)32-23)31-25-29-9-7-22(33-25)21-4-2-3-8-27-21/h2-9,16-17,32H,10-15H2,1H3,(H,28,36)(H,30,37)(H,29,31,33). The molecule has 3 amide bonds. The molecule has 4 N–H and O–H groups in total. The molecule has 0 saturated carbocycles. The van der Waals surface area contributed by atoms with E-state index in [9.17, 15) is 9.59 Å². The van der Waals surface area contributed by atoms with E-state index in [1.165, 1.54) is 0 Å². The second kappa shape index (κ2) is 11.0. The molecule has 0 radical (unpaired) electrons. The smallest absolute Gasteiger partial charge is 0.317 e. The lowest BCUT2D eigenvalue weighted by molar-refractivity contribution is 0.0949. The number of likely N-dealkylation sites (N-methyl/N-ethyl adjacent to an activating group) is 1. The van der Waals surface area contributed by atoms with Gasteiger partial charge in [-0.3, -0.25) is 9.78 Å². The van der Waals surface area contributed by atoms with Crippen LogP contribution in [0, 0.1) is 0 Å². The average molecular weight is 500 g/mol. The Hall–Kier alpha value is -4.51. The fourth-order valence-electron chi connectivity index (χ4n) is 4.10. The number of fused-ring (bicyclic) bond motifs is 1. The van der Waals surface area contributed by atoms with Crippen LogP contribution in [-0.4, -0.2) is 88.0 Å². The van der Waals surface area contributed by atoms with Crippen LogP contribution in [0.1, 0.15) is 10.5 Å². The van der Waals surface area contributed by atoms with Gasteiger partial charge in [0.05, 0.1) is 11.4 Å². The first kappa shape index (κ1) is 24.2. The first-order valence-corrected chi connectivity index (χ1v) is 12.2. The predicted octanol–water partition coefficient (Wildman–Crippen LogP) is 2.45. The number of H-pyrrole nitrogens is 1. The van der Waals surface area contributed by atoms with Crippen molar-refractivity contribution in [3.63, 3.8) is 0 Å². The van der Waals surface area contributed by atoms with Crippen LogP contribution in [0.4, 0.5) is 16.4 Å². The van der Waals surface area contributed by atoms with Crippen molar-refractivity contribution in [1.82, 2.24) is 40.4 Å². The quantitative estimate of drug-likeness (QED) is 0.287. The highest BCUT2D eigenvalue weighted by Crippen LogP contribution is 2.23. The fraction of sp³-hybridized carbons (Fsp3) is 0.269. The number of hydrogen-bond donors (Lipinski definition) is 4. The molecule has 0 spiro atoms. The third-order valence-corrected chi connectivity index (χ3v) is 6.18. The van der Waals surface area contributed by atoms with Gasteiger partial charge in [0, 0.05) is 68.3 Å². The number of rotatable bonds is 7. The van der Waals surface area contributed by atoms with Crippen LogP contribution in [0.5, 0.6) is 0 Å². The number of urea groups is 1. The lowest BCUT2D eigenvalue weighted by Crippen LogP contribution is -2.51. The maximum atomic E-state index is 12.6. The molecule has 0 atom stereocenters. The topological polar surface area (TPSA) is 131 Å². The van der Waals surface area contributed by atoms with E-state index >= 15 is 0 Å². The molecule has 1 aliphatic rings. The molecule has 37 heavy (non-hydrogen) atoms. The minimum Gasteiger partial charge on any atom is -0.351 e. The van der Waals surface area contributed by atoms with E-state index in [1.807, 2.05) is 49.5 Å². The van der Waals surface area contributed by atoms with Crippen LogP contribution in [0.3, 0.4) is 0 Å². The van der Waals surface area contributed by atoms with Crippen molar-refractivity contribution in [2.75, 3.05) is 51.6 Å². The van der Waals surface area contributed by atoms with Crippen molar-refractivity contribution in [1.29, 1.82) is 0 Å². The molecule has 0 unspecified atom stereocenters. The van der Waals surface area contributed by atoms with E-state index in [-0.39, 0.29) is 11.9 Å². The molecule has 190 valence electrons. The van der Waals surface area contributed by atoms with Gasteiger partial charge in [0.2, 0.25) is 5.95 Å². The Labute approximate surface area is 214 Å². The lowest BCUT2D eigenvalue weighted by atomic mass is 10.2. The van der Waals surface area contributed by atoms with Gasteiger partial charge >= 0.3 is 6.03 Å². The number of aromatic amines is 1. The second-order valence-electron chi connectivity index (χ2n) is 8.87. The number of benzene rings is 1. The van der Waals surface area contributed by atoms with Crippen LogP contribution >= 0.6 is 0 Å². The summed E-state index contributed by atoms with van der Waals surface area (Å²) in [5.41, 5.74) is 3.57. The highest BCUT2D eigenvalue weighted by Gasteiger charge is 2.18. The molecule has 0 bridgehead atoms. The Morgan fingerprint density at radius 1 is 0.919 bits per heavy atom. The Morgan fingerprint density at radius 3 is 2.57 bits per heavy atom. The zero-order valence-corrected chi connectivity index (χ0v) is 20.6. The molecular weight excluding hydrogens is 470 g/mol. The molecule has 3 aromatic heterocycles. The van der Waals surface area contributed by atoms with Gasteiger partial charge in [0.15, 0.2) is 0 Å². The van der Waals surface area contributed by atoms with Gasteiger partial charge < -0.3 is 30.7 Å². The van der Waals surface area contributed by atoms with E-state index in [0.29, 0.717) is 37.8 Å². The number of nitrogens with one attached hydrogen (secondary N) is 4. The fourth-order valence-corrected chi connectivity index (χ4v) is 4.10. The summed E-state index contributed by atoms with van der Waals surface area (Å²) in [6.45, 7) is 3.86. The molecule has 11 nitrogen and oxygen atoms in total. The van der Waals surface area contributed by atoms with Gasteiger partial charge in [-0.05, 0) is 49.5 Å². The lowest BCUT2D eigenvalue weighted by Gasteiger charge is -2.32. The zero-order chi connectivity index (χ0) is 25.6. The van der Waals surface area contributed by atoms with Gasteiger partial charge in [-0.1, -0.05) is 6.07 Å². The first-order chi connectivity index (χ1) is 18.0. The van der Waals surface area contributed by atoms with Crippen molar-refractivity contribution in [3.05, 3.63) is 66.6 Å². The minimum atomic E-state index is -0.231. The number of amides is 3. The van der Waals surface area contributed by atoms with Crippen molar-refractivity contribution in [2.45, 2.75) is 0 Å². The Bertz CT molecular complexity index is 1380. The summed E-state index contributed by atoms with van der Waals surface area (Å²) in [5, 5.41) is 9.80. The van der Waals surface area contributed by atoms with Crippen LogP contribution in [0.15, 0.2) is 60.9 Å². The third-order valence-electron chi connectivity index (χ3n) is 6.18. The maximum Gasteiger partial charge on any atom is 0.317 e. The SMILES string of the molecule is CN1CCN(C(=O)NCCNC(=O)c2cc3cc(Nc4nccc(-c5ccccn5)n4)ccc3[nH]2)CC1. The van der Waals surface area contributed by atoms with Gasteiger partial charge in [0.1, 0.15) is 5.69 Å². The summed E-state index contributed by atoms with van der Waals surface area (Å²) in [6, 6.07) is 14.9. The molecule has 5 rings (SSSR count). The van der Waals surface area contributed by atoms with Gasteiger partial charge in [0.25, 0.3) is 5.91 Å². The van der Waals surface area contributed by atoms with Crippen molar-refractivity contribution in [2.24, 2.45) is 0 Å². The summed E-state index contributed by atoms with van der Waals surface area (Å²) in [5.74, 6) is 0.223. The normalized spacial score (nSPS) is 13.9. The number of pyridine rings is 1. The number of carbonyl (C=O) groups is 2. The highest BCUT2D eigenvalue weighted by atomic mass is 16.2. The van der Waals surface area contributed by atoms with Crippen molar-refractivity contribution < 1.29 is 9.59 Å². The summed E-state index contributed by atoms with van der Waals surface area (Å²) >= 11 is 0. The molecule has 0 aliphatic carbocycles. The molecule has 1 aliphatic heterocycles. The summed E-state index contributed by atoms with van der Waals surface area (Å²) < 4.78 is 0. The molecule has 1 saturated heterocycles. The van der Waals surface area contributed by atoms with Gasteiger partial charge in [-0.2, -0.15) is 0 Å². The summed E-state index contributed by atoms with van der Waals surface area (Å²) in [6.07, 6.45) is 3.41. The Morgan fingerprint density at radius 2 is 1.76 bits per heavy atom.